The SMILES string of the molecule is CC1CCCN(c2ccnc(C(=O)Nc3ccc(N4CCCC4)cc3)c2)C1. The highest BCUT2D eigenvalue weighted by Gasteiger charge is 2.18. The summed E-state index contributed by atoms with van der Waals surface area (Å²) in [6.07, 6.45) is 6.74. The molecule has 5 nitrogen and oxygen atoms in total. The molecule has 2 aliphatic rings. The number of aromatic nitrogens is 1. The number of nitrogens with zero attached hydrogens (tertiary/aromatic N) is 3. The minimum absolute atomic E-state index is 0.157. The van der Waals surface area contributed by atoms with Gasteiger partial charge in [0.25, 0.3) is 5.91 Å². The summed E-state index contributed by atoms with van der Waals surface area (Å²) in [7, 11) is 0. The van der Waals surface area contributed by atoms with Crippen LogP contribution in [0, 0.1) is 5.92 Å². The van der Waals surface area contributed by atoms with Crippen molar-refractivity contribution < 1.29 is 4.79 Å². The standard InChI is InChI=1S/C22H28N4O/c1-17-5-4-14-26(16-17)20-10-11-23-21(15-20)22(27)24-18-6-8-19(9-7-18)25-12-2-3-13-25/h6-11,15,17H,2-5,12-14,16H2,1H3,(H,24,27). The molecule has 0 spiro atoms. The normalized spacial score (nSPS) is 20.0. The quantitative estimate of drug-likeness (QED) is 0.884. The van der Waals surface area contributed by atoms with Crippen LogP contribution in [-0.4, -0.2) is 37.1 Å². The monoisotopic (exact) mass is 364 g/mol. The van der Waals surface area contributed by atoms with Crippen molar-refractivity contribution in [2.24, 2.45) is 5.92 Å². The fraction of sp³-hybridized carbons (Fsp3) is 0.455. The van der Waals surface area contributed by atoms with Crippen LogP contribution < -0.4 is 15.1 Å². The third kappa shape index (κ3) is 4.24. The summed E-state index contributed by atoms with van der Waals surface area (Å²) in [5.74, 6) is 0.536. The Bertz CT molecular complexity index is 783. The summed E-state index contributed by atoms with van der Waals surface area (Å²) in [5.41, 5.74) is 3.59. The molecule has 2 aromatic rings. The van der Waals surface area contributed by atoms with Gasteiger partial charge in [-0.2, -0.15) is 0 Å². The van der Waals surface area contributed by atoms with E-state index < -0.39 is 0 Å². The maximum Gasteiger partial charge on any atom is 0.274 e. The molecule has 0 aliphatic carbocycles. The Morgan fingerprint density at radius 1 is 1.00 bits per heavy atom. The van der Waals surface area contributed by atoms with Crippen molar-refractivity contribution >= 4 is 23.0 Å². The van der Waals surface area contributed by atoms with Crippen molar-refractivity contribution in [2.75, 3.05) is 41.3 Å². The van der Waals surface area contributed by atoms with Crippen molar-refractivity contribution in [2.45, 2.75) is 32.6 Å². The molecular weight excluding hydrogens is 336 g/mol. The van der Waals surface area contributed by atoms with Crippen LogP contribution in [0.25, 0.3) is 0 Å². The molecule has 1 N–H and O–H groups in total. The third-order valence-corrected chi connectivity index (χ3v) is 5.59. The Balaban J connectivity index is 1.42. The topological polar surface area (TPSA) is 48.5 Å². The van der Waals surface area contributed by atoms with Gasteiger partial charge in [-0.1, -0.05) is 6.92 Å². The van der Waals surface area contributed by atoms with Crippen molar-refractivity contribution in [3.63, 3.8) is 0 Å². The van der Waals surface area contributed by atoms with Gasteiger partial charge in [0.1, 0.15) is 5.69 Å². The second kappa shape index (κ2) is 7.99. The lowest BCUT2D eigenvalue weighted by atomic mass is 10.00. The molecule has 1 unspecified atom stereocenters. The minimum atomic E-state index is -0.157. The Morgan fingerprint density at radius 3 is 2.48 bits per heavy atom. The lowest BCUT2D eigenvalue weighted by molar-refractivity contribution is 0.102. The van der Waals surface area contributed by atoms with E-state index in [-0.39, 0.29) is 5.91 Å². The Hall–Kier alpha value is -2.56. The van der Waals surface area contributed by atoms with Crippen LogP contribution in [0.1, 0.15) is 43.1 Å². The van der Waals surface area contributed by atoms with Crippen LogP contribution in [0.5, 0.6) is 0 Å². The summed E-state index contributed by atoms with van der Waals surface area (Å²) in [4.78, 5) is 21.7. The fourth-order valence-corrected chi connectivity index (χ4v) is 4.09. The number of rotatable bonds is 4. The first kappa shape index (κ1) is 17.8. The zero-order chi connectivity index (χ0) is 18.6. The first-order valence-electron chi connectivity index (χ1n) is 10.1. The van der Waals surface area contributed by atoms with Crippen molar-refractivity contribution in [3.05, 3.63) is 48.3 Å². The number of piperidine rings is 1. The van der Waals surface area contributed by atoms with E-state index in [1.54, 1.807) is 6.20 Å². The Kier molecular flexibility index (Phi) is 5.28. The molecule has 4 rings (SSSR count). The number of carbonyl (C=O) groups excluding carboxylic acids is 1. The second-order valence-corrected chi connectivity index (χ2v) is 7.79. The van der Waals surface area contributed by atoms with E-state index in [2.05, 4.69) is 39.2 Å². The van der Waals surface area contributed by atoms with Crippen molar-refractivity contribution in [3.8, 4) is 0 Å². The predicted octanol–water partition coefficient (Wildman–Crippen LogP) is 4.17. The van der Waals surface area contributed by atoms with Crippen LogP contribution in [-0.2, 0) is 0 Å². The van der Waals surface area contributed by atoms with Crippen LogP contribution in [0.4, 0.5) is 17.1 Å². The van der Waals surface area contributed by atoms with Crippen LogP contribution in [0.15, 0.2) is 42.6 Å². The molecule has 1 amide bonds. The largest absolute Gasteiger partial charge is 0.372 e. The molecule has 2 fully saturated rings. The summed E-state index contributed by atoms with van der Waals surface area (Å²) in [5, 5.41) is 2.98. The number of amides is 1. The van der Waals surface area contributed by atoms with E-state index in [0.29, 0.717) is 11.6 Å². The van der Waals surface area contributed by atoms with Crippen molar-refractivity contribution in [1.29, 1.82) is 0 Å². The average Bonchev–Trinajstić information content (AvgIpc) is 3.23. The van der Waals surface area contributed by atoms with Gasteiger partial charge < -0.3 is 15.1 Å². The van der Waals surface area contributed by atoms with Gasteiger partial charge in [-0.3, -0.25) is 9.78 Å². The molecule has 5 heteroatoms. The smallest absolute Gasteiger partial charge is 0.274 e. The van der Waals surface area contributed by atoms with Gasteiger partial charge in [0.15, 0.2) is 0 Å². The molecule has 0 bridgehead atoms. The molecule has 0 radical (unpaired) electrons. The first-order valence-corrected chi connectivity index (χ1v) is 10.1. The van der Waals surface area contributed by atoms with Crippen LogP contribution >= 0.6 is 0 Å². The highest BCUT2D eigenvalue weighted by Crippen LogP contribution is 2.24. The summed E-state index contributed by atoms with van der Waals surface area (Å²) >= 11 is 0. The molecule has 1 atom stereocenters. The van der Waals surface area contributed by atoms with Crippen LogP contribution in [0.3, 0.4) is 0 Å². The Morgan fingerprint density at radius 2 is 1.74 bits per heavy atom. The lowest BCUT2D eigenvalue weighted by Gasteiger charge is -2.32. The molecule has 0 saturated carbocycles. The molecule has 2 aliphatic heterocycles. The average molecular weight is 364 g/mol. The maximum absolute atomic E-state index is 12.7. The second-order valence-electron chi connectivity index (χ2n) is 7.79. The number of hydrogen-bond acceptors (Lipinski definition) is 4. The Labute approximate surface area is 161 Å². The number of carbonyl (C=O) groups is 1. The first-order chi connectivity index (χ1) is 13.2. The molecular formula is C22H28N4O. The van der Waals surface area contributed by atoms with Gasteiger partial charge >= 0.3 is 0 Å². The fourth-order valence-electron chi connectivity index (χ4n) is 4.09. The summed E-state index contributed by atoms with van der Waals surface area (Å²) in [6, 6.07) is 12.0. The van der Waals surface area contributed by atoms with E-state index in [0.717, 1.165) is 37.6 Å². The van der Waals surface area contributed by atoms with Crippen molar-refractivity contribution in [1.82, 2.24) is 4.98 Å². The molecule has 3 heterocycles. The van der Waals surface area contributed by atoms with Gasteiger partial charge in [-0.25, -0.2) is 0 Å². The minimum Gasteiger partial charge on any atom is -0.372 e. The number of pyridine rings is 1. The number of hydrogen-bond donors (Lipinski definition) is 1. The summed E-state index contributed by atoms with van der Waals surface area (Å²) < 4.78 is 0. The van der Waals surface area contributed by atoms with Gasteiger partial charge in [-0.05, 0) is 68.0 Å². The molecule has 142 valence electrons. The van der Waals surface area contributed by atoms with Crippen LogP contribution in [0.2, 0.25) is 0 Å². The third-order valence-electron chi connectivity index (χ3n) is 5.59. The molecule has 1 aromatic carbocycles. The van der Waals surface area contributed by atoms with Gasteiger partial charge in [0.2, 0.25) is 0 Å². The van der Waals surface area contributed by atoms with E-state index in [1.807, 2.05) is 24.3 Å². The maximum atomic E-state index is 12.7. The van der Waals surface area contributed by atoms with Gasteiger partial charge in [0.05, 0.1) is 0 Å². The van der Waals surface area contributed by atoms with Gasteiger partial charge in [-0.15, -0.1) is 0 Å². The highest BCUT2D eigenvalue weighted by molar-refractivity contribution is 6.03. The number of nitrogens with one attached hydrogen (secondary N) is 1. The lowest BCUT2D eigenvalue weighted by Crippen LogP contribution is -2.34. The predicted molar refractivity (Wildman–Crippen MR) is 111 cm³/mol. The molecule has 1 aromatic heterocycles. The number of benzene rings is 1. The van der Waals surface area contributed by atoms with E-state index in [4.69, 9.17) is 0 Å². The highest BCUT2D eigenvalue weighted by atomic mass is 16.1. The number of anilines is 3. The zero-order valence-electron chi connectivity index (χ0n) is 16.0. The molecule has 27 heavy (non-hydrogen) atoms. The van der Waals surface area contributed by atoms with E-state index in [9.17, 15) is 4.79 Å². The van der Waals surface area contributed by atoms with Gasteiger partial charge in [0, 0.05) is 49.4 Å². The van der Waals surface area contributed by atoms with E-state index in [1.165, 1.54) is 31.4 Å². The molecule has 2 saturated heterocycles. The zero-order valence-corrected chi connectivity index (χ0v) is 16.0. The summed E-state index contributed by atoms with van der Waals surface area (Å²) in [6.45, 7) is 6.62. The van der Waals surface area contributed by atoms with E-state index >= 15 is 0 Å².